The molecule has 0 spiro atoms. The van der Waals surface area contributed by atoms with Gasteiger partial charge in [0.1, 0.15) is 11.7 Å². The molecule has 110 valence electrons. The average molecular weight is 304 g/mol. The van der Waals surface area contributed by atoms with E-state index in [-0.39, 0.29) is 17.9 Å². The second-order valence-corrected chi connectivity index (χ2v) is 6.16. The van der Waals surface area contributed by atoms with Crippen molar-refractivity contribution in [2.75, 3.05) is 0 Å². The van der Waals surface area contributed by atoms with Crippen molar-refractivity contribution < 1.29 is 9.21 Å². The predicted molar refractivity (Wildman–Crippen MR) is 80.4 cm³/mol. The van der Waals surface area contributed by atoms with Crippen molar-refractivity contribution in [2.24, 2.45) is 0 Å². The second-order valence-electron chi connectivity index (χ2n) is 5.21. The van der Waals surface area contributed by atoms with Gasteiger partial charge in [0, 0.05) is 5.92 Å². The van der Waals surface area contributed by atoms with Gasteiger partial charge in [-0.3, -0.25) is 4.79 Å². The highest BCUT2D eigenvalue weighted by Gasteiger charge is 2.19. The Hall–Kier alpha value is -2.15. The number of nitrogens with one attached hydrogen (secondary N) is 2. The summed E-state index contributed by atoms with van der Waals surface area (Å²) in [6, 6.07) is 3.46. The first-order chi connectivity index (χ1) is 10.0. The molecule has 6 nitrogen and oxygen atoms in total. The van der Waals surface area contributed by atoms with E-state index >= 15 is 0 Å². The summed E-state index contributed by atoms with van der Waals surface area (Å²) in [5.41, 5.74) is 1.50. The summed E-state index contributed by atoms with van der Waals surface area (Å²) in [5, 5.41) is 12.8. The zero-order chi connectivity index (χ0) is 15.0. The quantitative estimate of drug-likeness (QED) is 0.775. The monoisotopic (exact) mass is 304 g/mol. The van der Waals surface area contributed by atoms with E-state index in [0.29, 0.717) is 17.5 Å². The van der Waals surface area contributed by atoms with Crippen LogP contribution in [0.25, 0.3) is 10.2 Å². The molecule has 3 aromatic heterocycles. The lowest BCUT2D eigenvalue weighted by Gasteiger charge is -2.08. The average Bonchev–Trinajstić information content (AvgIpc) is 3.13. The van der Waals surface area contributed by atoms with Crippen LogP contribution in [0.4, 0.5) is 0 Å². The third kappa shape index (κ3) is 2.69. The number of H-pyrrole nitrogens is 1. The third-order valence-electron chi connectivity index (χ3n) is 3.15. The van der Waals surface area contributed by atoms with Crippen molar-refractivity contribution in [1.82, 2.24) is 20.5 Å². The summed E-state index contributed by atoms with van der Waals surface area (Å²) < 4.78 is 6.61. The predicted octanol–water partition coefficient (Wildman–Crippen LogP) is 3.23. The maximum Gasteiger partial charge on any atom is 0.268 e. The summed E-state index contributed by atoms with van der Waals surface area (Å²) in [4.78, 5) is 15.3. The lowest BCUT2D eigenvalue weighted by molar-refractivity contribution is 0.0929. The molecule has 0 unspecified atom stereocenters. The van der Waals surface area contributed by atoms with Crippen LogP contribution in [0.1, 0.15) is 55.0 Å². The van der Waals surface area contributed by atoms with Crippen molar-refractivity contribution in [3.8, 4) is 0 Å². The number of hydrogen-bond donors (Lipinski definition) is 2. The molecule has 0 saturated carbocycles. The molecule has 0 aromatic carbocycles. The van der Waals surface area contributed by atoms with Gasteiger partial charge in [-0.15, -0.1) is 21.5 Å². The van der Waals surface area contributed by atoms with Gasteiger partial charge in [-0.05, 0) is 24.4 Å². The van der Waals surface area contributed by atoms with E-state index in [0.717, 1.165) is 10.2 Å². The first-order valence-electron chi connectivity index (χ1n) is 6.75. The summed E-state index contributed by atoms with van der Waals surface area (Å²) >= 11 is 1.60. The Morgan fingerprint density at radius 3 is 2.76 bits per heavy atom. The number of aromatic amines is 1. The topological polar surface area (TPSA) is 83.8 Å². The molecule has 0 aliphatic rings. The summed E-state index contributed by atoms with van der Waals surface area (Å²) in [7, 11) is 0. The van der Waals surface area contributed by atoms with Gasteiger partial charge in [-0.25, -0.2) is 0 Å². The molecule has 3 aromatic rings. The van der Waals surface area contributed by atoms with Crippen LogP contribution in [-0.4, -0.2) is 21.1 Å². The fourth-order valence-corrected chi connectivity index (χ4v) is 2.74. The van der Waals surface area contributed by atoms with Crippen molar-refractivity contribution in [1.29, 1.82) is 0 Å². The molecule has 0 saturated heterocycles. The Morgan fingerprint density at radius 2 is 2.10 bits per heavy atom. The molecule has 21 heavy (non-hydrogen) atoms. The number of nitrogens with zero attached hydrogens (tertiary/aromatic N) is 2. The van der Waals surface area contributed by atoms with Gasteiger partial charge in [-0.2, -0.15) is 0 Å². The van der Waals surface area contributed by atoms with Crippen molar-refractivity contribution in [3.05, 3.63) is 35.0 Å². The molecule has 0 aliphatic heterocycles. The van der Waals surface area contributed by atoms with E-state index in [1.807, 2.05) is 38.3 Å². The molecular weight excluding hydrogens is 288 g/mol. The molecule has 3 heterocycles. The number of rotatable bonds is 4. The molecule has 0 aliphatic carbocycles. The van der Waals surface area contributed by atoms with Gasteiger partial charge >= 0.3 is 0 Å². The molecular formula is C14H16N4O2S. The highest BCUT2D eigenvalue weighted by molar-refractivity contribution is 7.17. The summed E-state index contributed by atoms with van der Waals surface area (Å²) in [6.07, 6.45) is 0. The Labute approximate surface area is 125 Å². The SMILES string of the molecule is CC(C)c1nnc([C@H](C)NC(=O)c2cc3sccc3[nH]2)o1. The highest BCUT2D eigenvalue weighted by atomic mass is 32.1. The summed E-state index contributed by atoms with van der Waals surface area (Å²) in [6.45, 7) is 5.78. The van der Waals surface area contributed by atoms with Crippen LogP contribution in [0.15, 0.2) is 21.9 Å². The minimum Gasteiger partial charge on any atom is -0.423 e. The van der Waals surface area contributed by atoms with E-state index in [2.05, 4.69) is 20.5 Å². The number of thiophene rings is 1. The van der Waals surface area contributed by atoms with Gasteiger partial charge in [0.15, 0.2) is 0 Å². The highest BCUT2D eigenvalue weighted by Crippen LogP contribution is 2.22. The lowest BCUT2D eigenvalue weighted by Crippen LogP contribution is -2.27. The van der Waals surface area contributed by atoms with Crippen LogP contribution >= 0.6 is 11.3 Å². The van der Waals surface area contributed by atoms with E-state index < -0.39 is 0 Å². The van der Waals surface area contributed by atoms with Gasteiger partial charge in [0.2, 0.25) is 11.8 Å². The number of amides is 1. The van der Waals surface area contributed by atoms with Crippen LogP contribution in [-0.2, 0) is 0 Å². The van der Waals surface area contributed by atoms with Crippen molar-refractivity contribution in [3.63, 3.8) is 0 Å². The van der Waals surface area contributed by atoms with Crippen LogP contribution in [0.3, 0.4) is 0 Å². The third-order valence-corrected chi connectivity index (χ3v) is 4.02. The number of hydrogen-bond acceptors (Lipinski definition) is 5. The zero-order valence-corrected chi connectivity index (χ0v) is 12.8. The smallest absolute Gasteiger partial charge is 0.268 e. The first kappa shape index (κ1) is 13.8. The van der Waals surface area contributed by atoms with E-state index in [4.69, 9.17) is 4.42 Å². The molecule has 7 heteroatoms. The first-order valence-corrected chi connectivity index (χ1v) is 7.63. The number of aromatic nitrogens is 3. The number of fused-ring (bicyclic) bond motifs is 1. The maximum atomic E-state index is 12.2. The van der Waals surface area contributed by atoms with E-state index in [1.165, 1.54) is 0 Å². The zero-order valence-electron chi connectivity index (χ0n) is 12.0. The van der Waals surface area contributed by atoms with Gasteiger partial charge < -0.3 is 14.7 Å². The molecule has 1 amide bonds. The molecule has 2 N–H and O–H groups in total. The van der Waals surface area contributed by atoms with Crippen LogP contribution in [0.5, 0.6) is 0 Å². The van der Waals surface area contributed by atoms with Gasteiger partial charge in [-0.1, -0.05) is 13.8 Å². The standard InChI is InChI=1S/C14H16N4O2S/c1-7(2)13-17-18-14(20-13)8(3)15-12(19)10-6-11-9(16-10)4-5-21-11/h4-8,16H,1-3H3,(H,15,19)/t8-/m0/s1. The number of carbonyl (C=O) groups is 1. The molecule has 0 fully saturated rings. The van der Waals surface area contributed by atoms with Crippen LogP contribution in [0.2, 0.25) is 0 Å². The normalized spacial score (nSPS) is 13.0. The second kappa shape index (κ2) is 5.33. The Balaban J connectivity index is 1.72. The van der Waals surface area contributed by atoms with Gasteiger partial charge in [0.25, 0.3) is 5.91 Å². The fraction of sp³-hybridized carbons (Fsp3) is 0.357. The van der Waals surface area contributed by atoms with Crippen molar-refractivity contribution >= 4 is 27.5 Å². The number of carbonyl (C=O) groups excluding carboxylic acids is 1. The molecule has 3 rings (SSSR count). The molecule has 1 atom stereocenters. The minimum atomic E-state index is -0.334. The fourth-order valence-electron chi connectivity index (χ4n) is 1.96. The largest absolute Gasteiger partial charge is 0.423 e. The maximum absolute atomic E-state index is 12.2. The Kier molecular flexibility index (Phi) is 3.50. The Bertz CT molecular complexity index is 742. The van der Waals surface area contributed by atoms with Crippen LogP contribution in [0, 0.1) is 0 Å². The minimum absolute atomic E-state index is 0.171. The molecule has 0 bridgehead atoms. The Morgan fingerprint density at radius 1 is 1.33 bits per heavy atom. The van der Waals surface area contributed by atoms with E-state index in [1.54, 1.807) is 11.3 Å². The van der Waals surface area contributed by atoms with Gasteiger partial charge in [0.05, 0.1) is 10.2 Å². The van der Waals surface area contributed by atoms with Crippen LogP contribution < -0.4 is 5.32 Å². The van der Waals surface area contributed by atoms with Crippen molar-refractivity contribution in [2.45, 2.75) is 32.7 Å². The summed E-state index contributed by atoms with van der Waals surface area (Å²) in [5.74, 6) is 0.978. The lowest BCUT2D eigenvalue weighted by atomic mass is 10.2. The molecule has 0 radical (unpaired) electrons. The van der Waals surface area contributed by atoms with E-state index in [9.17, 15) is 4.79 Å².